The van der Waals surface area contributed by atoms with Crippen LogP contribution in [0.4, 0.5) is 0 Å². The zero-order valence-corrected chi connectivity index (χ0v) is 17.3. The fraction of sp³-hybridized carbons (Fsp3) is 0.938. The lowest BCUT2D eigenvalue weighted by atomic mass is 9.96. The van der Waals surface area contributed by atoms with Crippen LogP contribution in [0.15, 0.2) is 0 Å². The standard InChI is InChI=1S/C16H30N2O12S/c19-3-6-9(22)10(23)13(26)16(29-6)30-14-7(4-20)28-15(12(25)11(14)24)18-27-5-8(21)17-1-2-31/h6-7,9-16,18-20,22-26,31H,1-5H2,(H,17,21)/t6?,7?,9-,10?,11?,12+,13+,14-,15?,16-/m1/s1. The van der Waals surface area contributed by atoms with Gasteiger partial charge in [-0.3, -0.25) is 9.63 Å². The summed E-state index contributed by atoms with van der Waals surface area (Å²) in [7, 11) is 0. The van der Waals surface area contributed by atoms with E-state index in [9.17, 15) is 40.5 Å². The molecule has 31 heavy (non-hydrogen) atoms. The Labute approximate surface area is 183 Å². The number of hydrogen-bond acceptors (Lipinski definition) is 14. The molecule has 14 nitrogen and oxygen atoms in total. The van der Waals surface area contributed by atoms with E-state index in [1.165, 1.54) is 0 Å². The van der Waals surface area contributed by atoms with Gasteiger partial charge in [-0.05, 0) is 0 Å². The number of thiol groups is 1. The fourth-order valence-electron chi connectivity index (χ4n) is 3.12. The summed E-state index contributed by atoms with van der Waals surface area (Å²) in [6, 6.07) is 0. The van der Waals surface area contributed by atoms with Crippen LogP contribution in [0.1, 0.15) is 0 Å². The lowest BCUT2D eigenvalue weighted by molar-refractivity contribution is -0.347. The van der Waals surface area contributed by atoms with E-state index in [1.54, 1.807) is 0 Å². The molecule has 182 valence electrons. The first-order chi connectivity index (χ1) is 14.7. The maximum atomic E-state index is 11.5. The number of carbonyl (C=O) groups is 1. The molecule has 0 bridgehead atoms. The van der Waals surface area contributed by atoms with Gasteiger partial charge in [0.05, 0.1) is 13.2 Å². The zero-order chi connectivity index (χ0) is 23.1. The number of rotatable bonds is 10. The van der Waals surface area contributed by atoms with Crippen molar-refractivity contribution in [2.45, 2.75) is 61.3 Å². The zero-order valence-electron chi connectivity index (χ0n) is 16.4. The van der Waals surface area contributed by atoms with Gasteiger partial charge < -0.3 is 55.3 Å². The molecule has 0 aliphatic carbocycles. The van der Waals surface area contributed by atoms with E-state index in [0.29, 0.717) is 12.3 Å². The topological polar surface area (TPSA) is 220 Å². The molecule has 0 aromatic carbocycles. The van der Waals surface area contributed by atoms with Crippen molar-refractivity contribution >= 4 is 18.5 Å². The van der Waals surface area contributed by atoms with Gasteiger partial charge in [0, 0.05) is 12.3 Å². The summed E-state index contributed by atoms with van der Waals surface area (Å²) in [6.45, 7) is -1.47. The predicted octanol–water partition coefficient (Wildman–Crippen LogP) is -5.82. The van der Waals surface area contributed by atoms with Crippen molar-refractivity contribution in [3.63, 3.8) is 0 Å². The number of ether oxygens (including phenoxy) is 3. The normalized spacial score (nSPS) is 41.2. The van der Waals surface area contributed by atoms with Gasteiger partial charge in [-0.15, -0.1) is 0 Å². The minimum Gasteiger partial charge on any atom is -0.394 e. The maximum absolute atomic E-state index is 11.5. The van der Waals surface area contributed by atoms with E-state index in [2.05, 4.69) is 23.4 Å². The van der Waals surface area contributed by atoms with Gasteiger partial charge in [-0.25, -0.2) is 0 Å². The van der Waals surface area contributed by atoms with Crippen LogP contribution in [0.2, 0.25) is 0 Å². The fourth-order valence-corrected chi connectivity index (χ4v) is 3.23. The van der Waals surface area contributed by atoms with Crippen LogP contribution in [0, 0.1) is 0 Å². The first-order valence-corrected chi connectivity index (χ1v) is 10.2. The minimum atomic E-state index is -1.75. The van der Waals surface area contributed by atoms with Gasteiger partial charge in [0.25, 0.3) is 0 Å². The molecule has 0 spiro atoms. The second kappa shape index (κ2) is 12.5. The predicted molar refractivity (Wildman–Crippen MR) is 102 cm³/mol. The molecule has 2 saturated heterocycles. The number of aliphatic hydroxyl groups is 7. The molecule has 2 aliphatic heterocycles. The molecule has 5 unspecified atom stereocenters. The second-order valence-corrected chi connectivity index (χ2v) is 7.48. The molecule has 9 N–H and O–H groups in total. The quantitative estimate of drug-likeness (QED) is 0.105. The van der Waals surface area contributed by atoms with Crippen molar-refractivity contribution in [1.82, 2.24) is 10.8 Å². The average molecular weight is 474 g/mol. The third kappa shape index (κ3) is 6.67. The van der Waals surface area contributed by atoms with Crippen LogP contribution in [-0.4, -0.2) is 135 Å². The largest absolute Gasteiger partial charge is 0.394 e. The lowest BCUT2D eigenvalue weighted by Crippen LogP contribution is -2.66. The first-order valence-electron chi connectivity index (χ1n) is 9.58. The van der Waals surface area contributed by atoms with E-state index < -0.39 is 87.1 Å². The van der Waals surface area contributed by atoms with Gasteiger partial charge in [0.15, 0.2) is 12.5 Å². The number of nitrogens with one attached hydrogen (secondary N) is 2. The summed E-state index contributed by atoms with van der Waals surface area (Å²) in [5.74, 6) is -0.0287. The molecule has 1 amide bonds. The Morgan fingerprint density at radius 1 is 0.903 bits per heavy atom. The Balaban J connectivity index is 1.96. The van der Waals surface area contributed by atoms with Crippen LogP contribution >= 0.6 is 12.6 Å². The van der Waals surface area contributed by atoms with Gasteiger partial charge in [-0.2, -0.15) is 18.1 Å². The summed E-state index contributed by atoms with van der Waals surface area (Å²) >= 11 is 3.94. The summed E-state index contributed by atoms with van der Waals surface area (Å²) in [5, 5.41) is 71.8. The first kappa shape index (κ1) is 26.6. The third-order valence-corrected chi connectivity index (χ3v) is 5.06. The van der Waals surface area contributed by atoms with Gasteiger partial charge in [0.1, 0.15) is 55.4 Å². The molecule has 2 heterocycles. The molecule has 15 heteroatoms. The second-order valence-electron chi connectivity index (χ2n) is 7.04. The molecular formula is C16H30N2O12S. The van der Waals surface area contributed by atoms with Gasteiger partial charge >= 0.3 is 0 Å². The monoisotopic (exact) mass is 474 g/mol. The Morgan fingerprint density at radius 2 is 1.58 bits per heavy atom. The van der Waals surface area contributed by atoms with Crippen molar-refractivity contribution < 1.29 is 59.6 Å². The molecule has 2 rings (SSSR count). The average Bonchev–Trinajstić information content (AvgIpc) is 2.76. The van der Waals surface area contributed by atoms with E-state index in [-0.39, 0.29) is 0 Å². The van der Waals surface area contributed by atoms with Crippen molar-refractivity contribution in [3.05, 3.63) is 0 Å². The molecule has 0 saturated carbocycles. The maximum Gasteiger partial charge on any atom is 0.248 e. The molecule has 10 atom stereocenters. The number of carbonyl (C=O) groups excluding carboxylic acids is 1. The van der Waals surface area contributed by atoms with Gasteiger partial charge in [0.2, 0.25) is 5.91 Å². The van der Waals surface area contributed by atoms with Crippen LogP contribution in [0.5, 0.6) is 0 Å². The Kier molecular flexibility index (Phi) is 10.8. The highest BCUT2D eigenvalue weighted by molar-refractivity contribution is 7.80. The van der Waals surface area contributed by atoms with Crippen LogP contribution < -0.4 is 10.8 Å². The highest BCUT2D eigenvalue weighted by Gasteiger charge is 2.50. The third-order valence-electron chi connectivity index (χ3n) is 4.84. The summed E-state index contributed by atoms with van der Waals surface area (Å²) in [4.78, 5) is 16.4. The van der Waals surface area contributed by atoms with E-state index in [4.69, 9.17) is 19.0 Å². The van der Waals surface area contributed by atoms with Gasteiger partial charge in [-0.1, -0.05) is 0 Å². The van der Waals surface area contributed by atoms with E-state index >= 15 is 0 Å². The number of hydroxylamine groups is 1. The Hall–Kier alpha value is -0.660. The SMILES string of the molecule is O=C(CONC1OC(CO)[C@@H](O[C@H]2OC(CO)[C@@H](O)C(O)[C@@H]2O)C(O)[C@@H]1O)NCCS. The summed E-state index contributed by atoms with van der Waals surface area (Å²) in [5.41, 5.74) is 2.27. The molecule has 2 aliphatic rings. The minimum absolute atomic E-state index is 0.329. The molecule has 0 radical (unpaired) electrons. The molecule has 2 fully saturated rings. The summed E-state index contributed by atoms with van der Waals surface area (Å²) in [6.07, 6.45) is -15.3. The van der Waals surface area contributed by atoms with Crippen LogP contribution in [0.25, 0.3) is 0 Å². The van der Waals surface area contributed by atoms with E-state index in [1.807, 2.05) is 0 Å². The Bertz CT molecular complexity index is 559. The number of hydrogen-bond donors (Lipinski definition) is 10. The highest BCUT2D eigenvalue weighted by atomic mass is 32.1. The number of aliphatic hydroxyl groups excluding tert-OH is 7. The smallest absolute Gasteiger partial charge is 0.248 e. The van der Waals surface area contributed by atoms with Crippen molar-refractivity contribution in [1.29, 1.82) is 0 Å². The van der Waals surface area contributed by atoms with Crippen LogP contribution in [0.3, 0.4) is 0 Å². The molecule has 0 aromatic heterocycles. The summed E-state index contributed by atoms with van der Waals surface area (Å²) < 4.78 is 16.0. The van der Waals surface area contributed by atoms with Crippen molar-refractivity contribution in [2.24, 2.45) is 0 Å². The van der Waals surface area contributed by atoms with E-state index in [0.717, 1.165) is 0 Å². The van der Waals surface area contributed by atoms with Crippen LogP contribution in [-0.2, 0) is 23.8 Å². The lowest BCUT2D eigenvalue weighted by Gasteiger charge is -2.46. The van der Waals surface area contributed by atoms with Crippen molar-refractivity contribution in [2.75, 3.05) is 32.1 Å². The molecule has 0 aromatic rings. The Morgan fingerprint density at radius 3 is 2.19 bits per heavy atom. The highest BCUT2D eigenvalue weighted by Crippen LogP contribution is 2.28. The number of amides is 1. The van der Waals surface area contributed by atoms with Crippen molar-refractivity contribution in [3.8, 4) is 0 Å². The molecular weight excluding hydrogens is 444 g/mol.